The number of ether oxygens (including phenoxy) is 1. The van der Waals surface area contributed by atoms with E-state index in [4.69, 9.17) is 4.74 Å². The number of unbranched alkanes of at least 4 members (excludes halogenated alkanes) is 2. The molecule has 1 atom stereocenters. The van der Waals surface area contributed by atoms with Crippen LogP contribution in [0.3, 0.4) is 0 Å². The predicted octanol–water partition coefficient (Wildman–Crippen LogP) is 5.98. The molecule has 1 aliphatic carbocycles. The number of nitriles is 1. The molecule has 0 spiro atoms. The summed E-state index contributed by atoms with van der Waals surface area (Å²) < 4.78 is 6.46. The van der Waals surface area contributed by atoms with E-state index in [1.807, 2.05) is 36.4 Å². The number of aromatic nitrogens is 1. The summed E-state index contributed by atoms with van der Waals surface area (Å²) in [7, 11) is 0. The van der Waals surface area contributed by atoms with Gasteiger partial charge in [0.25, 0.3) is 5.91 Å². The molecule has 6 heteroatoms. The highest BCUT2D eigenvalue weighted by Gasteiger charge is 2.30. The fraction of sp³-hybridized carbons (Fsp3) is 0.400. The highest BCUT2D eigenvalue weighted by molar-refractivity contribution is 9.10. The van der Waals surface area contributed by atoms with E-state index in [2.05, 4.69) is 33.2 Å². The van der Waals surface area contributed by atoms with Crippen LogP contribution in [0.1, 0.15) is 62.7 Å². The largest absolute Gasteiger partial charge is 0.494 e. The first-order chi connectivity index (χ1) is 15.1. The molecule has 31 heavy (non-hydrogen) atoms. The fourth-order valence-electron chi connectivity index (χ4n) is 3.58. The van der Waals surface area contributed by atoms with E-state index in [0.717, 1.165) is 43.6 Å². The van der Waals surface area contributed by atoms with E-state index >= 15 is 0 Å². The molecule has 1 saturated carbocycles. The van der Waals surface area contributed by atoms with Crippen molar-refractivity contribution in [2.45, 2.75) is 51.5 Å². The maximum atomic E-state index is 12.9. The van der Waals surface area contributed by atoms with Gasteiger partial charge < -0.3 is 10.1 Å². The normalized spacial score (nSPS) is 14.9. The molecule has 1 unspecified atom stereocenters. The van der Waals surface area contributed by atoms with Gasteiger partial charge in [0.15, 0.2) is 0 Å². The van der Waals surface area contributed by atoms with Crippen LogP contribution in [-0.4, -0.2) is 17.5 Å². The Hall–Kier alpha value is -2.65. The summed E-state index contributed by atoms with van der Waals surface area (Å²) in [5.74, 6) is 0.849. The molecule has 0 saturated heterocycles. The summed E-state index contributed by atoms with van der Waals surface area (Å²) in [6.45, 7) is 2.89. The van der Waals surface area contributed by atoms with Gasteiger partial charge >= 0.3 is 0 Å². The van der Waals surface area contributed by atoms with Gasteiger partial charge in [0.05, 0.1) is 18.3 Å². The van der Waals surface area contributed by atoms with Gasteiger partial charge in [-0.2, -0.15) is 5.26 Å². The number of pyridine rings is 1. The van der Waals surface area contributed by atoms with Crippen molar-refractivity contribution in [1.29, 1.82) is 5.26 Å². The van der Waals surface area contributed by atoms with E-state index in [-0.39, 0.29) is 17.5 Å². The molecule has 0 aliphatic heterocycles. The summed E-state index contributed by atoms with van der Waals surface area (Å²) in [5, 5.41) is 12.6. The Morgan fingerprint density at radius 2 is 2.06 bits per heavy atom. The van der Waals surface area contributed by atoms with Crippen LogP contribution in [0, 0.1) is 17.2 Å². The molecule has 1 N–H and O–H groups in total. The lowest BCUT2D eigenvalue weighted by Crippen LogP contribution is -2.36. The van der Waals surface area contributed by atoms with Gasteiger partial charge in [0, 0.05) is 0 Å². The SMILES string of the molecule is CCCCCOc1ccc(C(NC(=O)/C(C#N)=C/c2cccc(Br)n2)C2CCC2)cc1. The summed E-state index contributed by atoms with van der Waals surface area (Å²) in [5.41, 5.74) is 1.65. The molecule has 1 aromatic heterocycles. The second-order valence-electron chi connectivity index (χ2n) is 7.82. The molecular formula is C25H28BrN3O2. The number of carbonyl (C=O) groups is 1. The van der Waals surface area contributed by atoms with Gasteiger partial charge in [-0.1, -0.05) is 44.4 Å². The zero-order chi connectivity index (χ0) is 22.1. The number of nitrogens with zero attached hydrogens (tertiary/aromatic N) is 2. The Bertz CT molecular complexity index is 946. The van der Waals surface area contributed by atoms with Crippen LogP contribution in [-0.2, 0) is 4.79 Å². The molecular weight excluding hydrogens is 454 g/mol. The smallest absolute Gasteiger partial charge is 0.262 e. The van der Waals surface area contributed by atoms with E-state index in [1.165, 1.54) is 18.9 Å². The molecule has 5 nitrogen and oxygen atoms in total. The first-order valence-corrected chi connectivity index (χ1v) is 11.7. The minimum Gasteiger partial charge on any atom is -0.494 e. The molecule has 1 amide bonds. The number of hydrogen-bond acceptors (Lipinski definition) is 4. The summed E-state index contributed by atoms with van der Waals surface area (Å²) >= 11 is 3.31. The van der Waals surface area contributed by atoms with Gasteiger partial charge in [0.2, 0.25) is 0 Å². The Labute approximate surface area is 192 Å². The third-order valence-corrected chi connectivity index (χ3v) is 6.00. The molecule has 162 valence electrons. The van der Waals surface area contributed by atoms with E-state index in [1.54, 1.807) is 12.1 Å². The van der Waals surface area contributed by atoms with Crippen LogP contribution >= 0.6 is 15.9 Å². The van der Waals surface area contributed by atoms with Crippen molar-refractivity contribution in [3.8, 4) is 11.8 Å². The number of halogens is 1. The first-order valence-electron chi connectivity index (χ1n) is 10.9. The van der Waals surface area contributed by atoms with Gasteiger partial charge in [0.1, 0.15) is 22.0 Å². The summed E-state index contributed by atoms with van der Waals surface area (Å²) in [6, 6.07) is 15.2. The molecule has 2 aromatic rings. The first kappa shape index (κ1) is 23.0. The third-order valence-electron chi connectivity index (χ3n) is 5.56. The van der Waals surface area contributed by atoms with Crippen LogP contribution in [0.25, 0.3) is 6.08 Å². The summed E-state index contributed by atoms with van der Waals surface area (Å²) in [6.07, 6.45) is 8.21. The van der Waals surface area contributed by atoms with Crippen molar-refractivity contribution < 1.29 is 9.53 Å². The molecule has 3 rings (SSSR count). The molecule has 1 fully saturated rings. The lowest BCUT2D eigenvalue weighted by Gasteiger charge is -2.34. The van der Waals surface area contributed by atoms with E-state index < -0.39 is 0 Å². The summed E-state index contributed by atoms with van der Waals surface area (Å²) in [4.78, 5) is 17.2. The van der Waals surface area contributed by atoms with Crippen molar-refractivity contribution >= 4 is 27.9 Å². The Kier molecular flexibility index (Phi) is 8.66. The Morgan fingerprint density at radius 1 is 1.29 bits per heavy atom. The van der Waals surface area contributed by atoms with Gasteiger partial charge in [-0.15, -0.1) is 0 Å². The second-order valence-corrected chi connectivity index (χ2v) is 8.63. The van der Waals surface area contributed by atoms with Crippen LogP contribution in [0.4, 0.5) is 0 Å². The molecule has 0 radical (unpaired) electrons. The Balaban J connectivity index is 1.71. The topological polar surface area (TPSA) is 75.0 Å². The van der Waals surface area contributed by atoms with Crippen LogP contribution in [0.15, 0.2) is 52.6 Å². The van der Waals surface area contributed by atoms with Gasteiger partial charge in [-0.25, -0.2) is 4.98 Å². The number of rotatable bonds is 10. The molecule has 1 aliphatic rings. The lowest BCUT2D eigenvalue weighted by molar-refractivity contribution is -0.118. The van der Waals surface area contributed by atoms with Crippen molar-refractivity contribution in [3.63, 3.8) is 0 Å². The monoisotopic (exact) mass is 481 g/mol. The number of benzene rings is 1. The zero-order valence-electron chi connectivity index (χ0n) is 17.8. The Morgan fingerprint density at radius 3 is 2.68 bits per heavy atom. The third kappa shape index (κ3) is 6.67. The quantitative estimate of drug-likeness (QED) is 0.196. The van der Waals surface area contributed by atoms with Crippen LogP contribution < -0.4 is 10.1 Å². The van der Waals surface area contributed by atoms with Gasteiger partial charge in [-0.05, 0) is 77.0 Å². The minimum absolute atomic E-state index is 0.0470. The van der Waals surface area contributed by atoms with Crippen molar-refractivity contribution in [1.82, 2.24) is 10.3 Å². The number of amides is 1. The minimum atomic E-state index is -0.374. The molecule has 1 heterocycles. The predicted molar refractivity (Wildman–Crippen MR) is 125 cm³/mol. The maximum Gasteiger partial charge on any atom is 0.262 e. The number of hydrogen-bond donors (Lipinski definition) is 1. The van der Waals surface area contributed by atoms with Crippen LogP contribution in [0.2, 0.25) is 0 Å². The van der Waals surface area contributed by atoms with Gasteiger partial charge in [-0.3, -0.25) is 4.79 Å². The van der Waals surface area contributed by atoms with Crippen molar-refractivity contribution in [2.24, 2.45) is 5.92 Å². The highest BCUT2D eigenvalue weighted by Crippen LogP contribution is 2.38. The van der Waals surface area contributed by atoms with Crippen molar-refractivity contribution in [3.05, 3.63) is 63.9 Å². The number of carbonyl (C=O) groups excluding carboxylic acids is 1. The van der Waals surface area contributed by atoms with Crippen molar-refractivity contribution in [2.75, 3.05) is 6.61 Å². The average molecular weight is 482 g/mol. The number of nitrogens with one attached hydrogen (secondary N) is 1. The molecule has 1 aromatic carbocycles. The maximum absolute atomic E-state index is 12.9. The van der Waals surface area contributed by atoms with E-state index in [0.29, 0.717) is 16.2 Å². The second kappa shape index (κ2) is 11.7. The molecule has 0 bridgehead atoms. The zero-order valence-corrected chi connectivity index (χ0v) is 19.4. The lowest BCUT2D eigenvalue weighted by atomic mass is 9.77. The fourth-order valence-corrected chi connectivity index (χ4v) is 3.94. The standard InChI is InChI=1S/C25H28BrN3O2/c1-2-3-4-15-31-22-13-11-19(12-14-22)24(18-7-5-8-18)29-25(30)20(17-27)16-21-9-6-10-23(26)28-21/h6,9-14,16,18,24H,2-5,7-8,15H2,1H3,(H,29,30)/b20-16+. The van der Waals surface area contributed by atoms with E-state index in [9.17, 15) is 10.1 Å². The average Bonchev–Trinajstić information content (AvgIpc) is 2.74. The highest BCUT2D eigenvalue weighted by atomic mass is 79.9. The van der Waals surface area contributed by atoms with Crippen LogP contribution in [0.5, 0.6) is 5.75 Å².